The van der Waals surface area contributed by atoms with Crippen LogP contribution in [0.1, 0.15) is 97.3 Å². The number of fused-ring (bicyclic) bond motifs is 1. The lowest BCUT2D eigenvalue weighted by Crippen LogP contribution is -2.39. The highest BCUT2D eigenvalue weighted by molar-refractivity contribution is 4.91. The molecule has 0 aromatic rings. The number of rotatable bonds is 5. The zero-order chi connectivity index (χ0) is 16.2. The normalized spacial score (nSPS) is 44.7. The van der Waals surface area contributed by atoms with Crippen LogP contribution in [0.5, 0.6) is 0 Å². The van der Waals surface area contributed by atoms with Gasteiger partial charge in [-0.3, -0.25) is 0 Å². The number of hydrogen-bond donors (Lipinski definition) is 1. The minimum absolute atomic E-state index is 0.00526. The summed E-state index contributed by atoms with van der Waals surface area (Å²) in [7, 11) is 0. The van der Waals surface area contributed by atoms with Gasteiger partial charge in [0, 0.05) is 0 Å². The van der Waals surface area contributed by atoms with Crippen LogP contribution >= 0.6 is 0 Å². The van der Waals surface area contributed by atoms with Gasteiger partial charge in [-0.05, 0) is 80.5 Å². The molecular formula is C22H40O. The van der Waals surface area contributed by atoms with Crippen LogP contribution < -0.4 is 0 Å². The molecule has 1 heteroatoms. The van der Waals surface area contributed by atoms with E-state index in [1.54, 1.807) is 0 Å². The molecule has 134 valence electrons. The Kier molecular flexibility index (Phi) is 6.46. The first-order chi connectivity index (χ1) is 11.2. The SMILES string of the molecule is CCCCCC1CCC2CC(C3CCC(C)CC3O)CCC2C1. The molecule has 0 spiro atoms. The van der Waals surface area contributed by atoms with E-state index in [-0.39, 0.29) is 6.10 Å². The van der Waals surface area contributed by atoms with Crippen molar-refractivity contribution in [3.63, 3.8) is 0 Å². The summed E-state index contributed by atoms with van der Waals surface area (Å²) < 4.78 is 0. The lowest BCUT2D eigenvalue weighted by atomic mass is 9.60. The van der Waals surface area contributed by atoms with Crippen molar-refractivity contribution in [1.82, 2.24) is 0 Å². The smallest absolute Gasteiger partial charge is 0.0573 e. The Morgan fingerprint density at radius 2 is 1.52 bits per heavy atom. The molecule has 3 saturated carbocycles. The summed E-state index contributed by atoms with van der Waals surface area (Å²) in [4.78, 5) is 0. The van der Waals surface area contributed by atoms with Crippen molar-refractivity contribution >= 4 is 0 Å². The van der Waals surface area contributed by atoms with Gasteiger partial charge >= 0.3 is 0 Å². The van der Waals surface area contributed by atoms with Crippen molar-refractivity contribution in [2.45, 2.75) is 103 Å². The van der Waals surface area contributed by atoms with Crippen molar-refractivity contribution in [3.05, 3.63) is 0 Å². The first-order valence-corrected chi connectivity index (χ1v) is 10.8. The van der Waals surface area contributed by atoms with Gasteiger partial charge in [-0.15, -0.1) is 0 Å². The number of aliphatic hydroxyl groups excluding tert-OH is 1. The Labute approximate surface area is 144 Å². The van der Waals surface area contributed by atoms with Crippen LogP contribution in [-0.4, -0.2) is 11.2 Å². The molecule has 0 aromatic carbocycles. The topological polar surface area (TPSA) is 20.2 Å². The lowest BCUT2D eigenvalue weighted by molar-refractivity contribution is -0.0151. The van der Waals surface area contributed by atoms with Crippen LogP contribution in [0.25, 0.3) is 0 Å². The van der Waals surface area contributed by atoms with Crippen LogP contribution in [0.15, 0.2) is 0 Å². The second-order valence-corrected chi connectivity index (χ2v) is 9.42. The van der Waals surface area contributed by atoms with Crippen LogP contribution in [0, 0.1) is 35.5 Å². The minimum Gasteiger partial charge on any atom is -0.393 e. The molecule has 7 atom stereocenters. The number of hydrogen-bond acceptors (Lipinski definition) is 1. The number of unbranched alkanes of at least 4 members (excludes halogenated alkanes) is 2. The fourth-order valence-corrected chi connectivity index (χ4v) is 6.28. The molecule has 7 unspecified atom stereocenters. The molecule has 3 aliphatic rings. The molecule has 0 aromatic heterocycles. The quantitative estimate of drug-likeness (QED) is 0.598. The van der Waals surface area contributed by atoms with Crippen LogP contribution in [-0.2, 0) is 0 Å². The Balaban J connectivity index is 1.47. The van der Waals surface area contributed by atoms with Crippen molar-refractivity contribution < 1.29 is 5.11 Å². The Morgan fingerprint density at radius 3 is 2.30 bits per heavy atom. The number of aliphatic hydroxyl groups is 1. The van der Waals surface area contributed by atoms with Gasteiger partial charge in [0.15, 0.2) is 0 Å². The first kappa shape index (κ1) is 17.8. The second kappa shape index (κ2) is 8.37. The maximum Gasteiger partial charge on any atom is 0.0573 e. The zero-order valence-corrected chi connectivity index (χ0v) is 15.7. The molecule has 23 heavy (non-hydrogen) atoms. The summed E-state index contributed by atoms with van der Waals surface area (Å²) in [5, 5.41) is 10.6. The molecule has 0 amide bonds. The third-order valence-electron chi connectivity index (χ3n) is 7.71. The predicted octanol–water partition coefficient (Wildman–Crippen LogP) is 6.20. The van der Waals surface area contributed by atoms with Gasteiger partial charge in [0.05, 0.1) is 6.10 Å². The molecule has 1 nitrogen and oxygen atoms in total. The van der Waals surface area contributed by atoms with E-state index in [0.29, 0.717) is 5.92 Å². The highest BCUT2D eigenvalue weighted by Crippen LogP contribution is 2.49. The molecule has 1 N–H and O–H groups in total. The van der Waals surface area contributed by atoms with E-state index < -0.39 is 0 Å². The van der Waals surface area contributed by atoms with Gasteiger partial charge in [0.25, 0.3) is 0 Å². The van der Waals surface area contributed by atoms with Crippen molar-refractivity contribution in [2.24, 2.45) is 35.5 Å². The Morgan fingerprint density at radius 1 is 0.783 bits per heavy atom. The summed E-state index contributed by atoms with van der Waals surface area (Å²) in [6.07, 6.45) is 18.3. The van der Waals surface area contributed by atoms with Crippen molar-refractivity contribution in [1.29, 1.82) is 0 Å². The lowest BCUT2D eigenvalue weighted by Gasteiger charge is -2.46. The molecule has 3 rings (SSSR count). The van der Waals surface area contributed by atoms with E-state index in [9.17, 15) is 5.11 Å². The maximum atomic E-state index is 10.6. The standard InChI is InChI=1S/C22H40O/c1-3-4-5-6-17-8-9-19-15-20(11-10-18(19)14-17)21-12-7-16(2)13-22(21)23/h16-23H,3-15H2,1-2H3. The van der Waals surface area contributed by atoms with Crippen molar-refractivity contribution in [3.8, 4) is 0 Å². The van der Waals surface area contributed by atoms with Gasteiger partial charge in [0.2, 0.25) is 0 Å². The maximum absolute atomic E-state index is 10.6. The average molecular weight is 321 g/mol. The van der Waals surface area contributed by atoms with E-state index in [4.69, 9.17) is 0 Å². The largest absolute Gasteiger partial charge is 0.393 e. The van der Waals surface area contributed by atoms with Gasteiger partial charge in [-0.1, -0.05) is 52.4 Å². The fraction of sp³-hybridized carbons (Fsp3) is 1.00. The van der Waals surface area contributed by atoms with E-state index in [1.165, 1.54) is 77.0 Å². The predicted molar refractivity (Wildman–Crippen MR) is 98.3 cm³/mol. The molecule has 3 fully saturated rings. The molecule has 0 radical (unpaired) electrons. The van der Waals surface area contributed by atoms with E-state index in [0.717, 1.165) is 36.0 Å². The van der Waals surface area contributed by atoms with E-state index >= 15 is 0 Å². The van der Waals surface area contributed by atoms with Crippen LogP contribution in [0.4, 0.5) is 0 Å². The average Bonchev–Trinajstić information content (AvgIpc) is 2.55. The van der Waals surface area contributed by atoms with Gasteiger partial charge in [0.1, 0.15) is 0 Å². The molecule has 0 bridgehead atoms. The summed E-state index contributed by atoms with van der Waals surface area (Å²) in [5.41, 5.74) is 0. The first-order valence-electron chi connectivity index (χ1n) is 10.8. The Hall–Kier alpha value is -0.0400. The fourth-order valence-electron chi connectivity index (χ4n) is 6.28. The monoisotopic (exact) mass is 320 g/mol. The van der Waals surface area contributed by atoms with E-state index in [2.05, 4.69) is 13.8 Å². The summed E-state index contributed by atoms with van der Waals surface area (Å²) in [6, 6.07) is 0. The second-order valence-electron chi connectivity index (χ2n) is 9.42. The molecule has 0 saturated heterocycles. The highest BCUT2D eigenvalue weighted by atomic mass is 16.3. The summed E-state index contributed by atoms with van der Waals surface area (Å²) in [6.45, 7) is 4.63. The van der Waals surface area contributed by atoms with Gasteiger partial charge in [-0.25, -0.2) is 0 Å². The molecule has 0 heterocycles. The third-order valence-corrected chi connectivity index (χ3v) is 7.71. The molecular weight excluding hydrogens is 280 g/mol. The Bertz CT molecular complexity index is 352. The van der Waals surface area contributed by atoms with Gasteiger partial charge in [-0.2, -0.15) is 0 Å². The van der Waals surface area contributed by atoms with Crippen LogP contribution in [0.3, 0.4) is 0 Å². The van der Waals surface area contributed by atoms with Crippen molar-refractivity contribution in [2.75, 3.05) is 0 Å². The summed E-state index contributed by atoms with van der Waals surface area (Å²) in [5.74, 6) is 5.30. The van der Waals surface area contributed by atoms with E-state index in [1.807, 2.05) is 0 Å². The molecule has 0 aliphatic heterocycles. The van der Waals surface area contributed by atoms with Gasteiger partial charge < -0.3 is 5.11 Å². The van der Waals surface area contributed by atoms with Crippen LogP contribution in [0.2, 0.25) is 0 Å². The third kappa shape index (κ3) is 4.53. The minimum atomic E-state index is 0.00526. The highest BCUT2D eigenvalue weighted by Gasteiger charge is 2.40. The zero-order valence-electron chi connectivity index (χ0n) is 15.7. The summed E-state index contributed by atoms with van der Waals surface area (Å²) >= 11 is 0. The molecule has 3 aliphatic carbocycles.